The van der Waals surface area contributed by atoms with E-state index in [0.717, 1.165) is 19.5 Å². The zero-order valence-electron chi connectivity index (χ0n) is 9.16. The van der Waals surface area contributed by atoms with Crippen molar-refractivity contribution in [1.82, 2.24) is 4.90 Å². The van der Waals surface area contributed by atoms with Gasteiger partial charge in [-0.05, 0) is 33.7 Å². The summed E-state index contributed by atoms with van der Waals surface area (Å²) in [5.74, 6) is -0.835. The molecule has 0 spiro atoms. The first kappa shape index (κ1) is 11.2. The Hall–Kier alpha value is -0.830. The molecule has 1 fully saturated rings. The highest BCUT2D eigenvalue weighted by Crippen LogP contribution is 2.23. The van der Waals surface area contributed by atoms with E-state index in [1.807, 2.05) is 6.92 Å². The van der Waals surface area contributed by atoms with Crippen molar-refractivity contribution in [2.24, 2.45) is 5.92 Å². The van der Waals surface area contributed by atoms with Crippen molar-refractivity contribution in [2.45, 2.75) is 33.2 Å². The second-order valence-electron chi connectivity index (χ2n) is 4.25. The van der Waals surface area contributed by atoms with Crippen LogP contribution in [0.2, 0.25) is 0 Å². The van der Waals surface area contributed by atoms with Crippen molar-refractivity contribution in [3.05, 3.63) is 11.6 Å². The SMILES string of the molecule is CC(C)=CCN1CCC(C(=O)O)C1C. The Bertz CT molecular complexity index is 244. The highest BCUT2D eigenvalue weighted by atomic mass is 16.4. The molecule has 0 bridgehead atoms. The van der Waals surface area contributed by atoms with E-state index in [-0.39, 0.29) is 12.0 Å². The van der Waals surface area contributed by atoms with Crippen LogP contribution in [0.15, 0.2) is 11.6 Å². The van der Waals surface area contributed by atoms with Gasteiger partial charge < -0.3 is 5.11 Å². The lowest BCUT2D eigenvalue weighted by atomic mass is 10.0. The Kier molecular flexibility index (Phi) is 3.69. The van der Waals surface area contributed by atoms with Crippen LogP contribution in [0.3, 0.4) is 0 Å². The van der Waals surface area contributed by atoms with Gasteiger partial charge in [0.25, 0.3) is 0 Å². The highest BCUT2D eigenvalue weighted by Gasteiger charge is 2.34. The summed E-state index contributed by atoms with van der Waals surface area (Å²) < 4.78 is 0. The Morgan fingerprint density at radius 2 is 2.21 bits per heavy atom. The molecule has 0 amide bonds. The third-order valence-corrected chi connectivity index (χ3v) is 2.94. The van der Waals surface area contributed by atoms with Gasteiger partial charge in [-0.2, -0.15) is 0 Å². The maximum Gasteiger partial charge on any atom is 0.308 e. The standard InChI is InChI=1S/C11H19NO2/c1-8(2)4-6-12-7-5-10(9(12)3)11(13)14/h4,9-10H,5-7H2,1-3H3,(H,13,14). The summed E-state index contributed by atoms with van der Waals surface area (Å²) in [5.41, 5.74) is 1.29. The molecule has 0 saturated carbocycles. The summed E-state index contributed by atoms with van der Waals surface area (Å²) in [6.07, 6.45) is 2.94. The molecular formula is C11H19NO2. The maximum absolute atomic E-state index is 10.9. The number of nitrogens with zero attached hydrogens (tertiary/aromatic N) is 1. The van der Waals surface area contributed by atoms with Gasteiger partial charge in [-0.3, -0.25) is 9.69 Å². The average Bonchev–Trinajstić information content (AvgIpc) is 2.43. The molecule has 2 unspecified atom stereocenters. The third kappa shape index (κ3) is 2.58. The highest BCUT2D eigenvalue weighted by molar-refractivity contribution is 5.71. The van der Waals surface area contributed by atoms with E-state index in [9.17, 15) is 4.79 Å². The molecule has 0 radical (unpaired) electrons. The summed E-state index contributed by atoms with van der Waals surface area (Å²) in [4.78, 5) is 13.1. The van der Waals surface area contributed by atoms with Crippen LogP contribution in [0.4, 0.5) is 0 Å². The van der Waals surface area contributed by atoms with Crippen molar-refractivity contribution >= 4 is 5.97 Å². The number of aliphatic carboxylic acids is 1. The molecule has 0 aromatic heterocycles. The summed E-state index contributed by atoms with van der Waals surface area (Å²) in [6.45, 7) is 7.92. The van der Waals surface area contributed by atoms with Crippen LogP contribution in [0.1, 0.15) is 27.2 Å². The second-order valence-corrected chi connectivity index (χ2v) is 4.25. The quantitative estimate of drug-likeness (QED) is 0.701. The van der Waals surface area contributed by atoms with Crippen molar-refractivity contribution in [3.63, 3.8) is 0 Å². The lowest BCUT2D eigenvalue weighted by Gasteiger charge is -2.21. The van der Waals surface area contributed by atoms with Gasteiger partial charge in [-0.25, -0.2) is 0 Å². The van der Waals surface area contributed by atoms with Gasteiger partial charge in [0.05, 0.1) is 5.92 Å². The minimum atomic E-state index is -0.655. The van der Waals surface area contributed by atoms with E-state index in [2.05, 4.69) is 24.8 Å². The Balaban J connectivity index is 2.51. The Labute approximate surface area is 85.4 Å². The van der Waals surface area contributed by atoms with Crippen LogP contribution >= 0.6 is 0 Å². The molecule has 1 aliphatic rings. The number of carbonyl (C=O) groups is 1. The summed E-state index contributed by atoms with van der Waals surface area (Å²) in [5, 5.41) is 8.94. The lowest BCUT2D eigenvalue weighted by Crippen LogP contribution is -2.33. The van der Waals surface area contributed by atoms with Gasteiger partial charge in [-0.15, -0.1) is 0 Å². The zero-order valence-corrected chi connectivity index (χ0v) is 9.16. The largest absolute Gasteiger partial charge is 0.481 e. The zero-order chi connectivity index (χ0) is 10.7. The van der Waals surface area contributed by atoms with Crippen LogP contribution < -0.4 is 0 Å². The molecule has 1 heterocycles. The van der Waals surface area contributed by atoms with E-state index in [1.165, 1.54) is 5.57 Å². The lowest BCUT2D eigenvalue weighted by molar-refractivity contribution is -0.142. The van der Waals surface area contributed by atoms with Gasteiger partial charge in [-0.1, -0.05) is 11.6 Å². The van der Waals surface area contributed by atoms with Crippen LogP contribution in [0.25, 0.3) is 0 Å². The molecule has 3 nitrogen and oxygen atoms in total. The van der Waals surface area contributed by atoms with Crippen molar-refractivity contribution < 1.29 is 9.90 Å². The van der Waals surface area contributed by atoms with Crippen LogP contribution in [0, 0.1) is 5.92 Å². The minimum absolute atomic E-state index is 0.170. The van der Waals surface area contributed by atoms with Gasteiger partial charge in [0.2, 0.25) is 0 Å². The van der Waals surface area contributed by atoms with Gasteiger partial charge in [0.15, 0.2) is 0 Å². The normalized spacial score (nSPS) is 27.6. The van der Waals surface area contributed by atoms with Crippen molar-refractivity contribution in [1.29, 1.82) is 0 Å². The molecule has 1 rings (SSSR count). The van der Waals surface area contributed by atoms with E-state index in [0.29, 0.717) is 0 Å². The first-order valence-electron chi connectivity index (χ1n) is 5.12. The van der Waals surface area contributed by atoms with Crippen LogP contribution in [-0.2, 0) is 4.79 Å². The predicted molar refractivity (Wildman–Crippen MR) is 56.2 cm³/mol. The molecule has 0 aliphatic carbocycles. The maximum atomic E-state index is 10.9. The third-order valence-electron chi connectivity index (χ3n) is 2.94. The molecule has 14 heavy (non-hydrogen) atoms. The predicted octanol–water partition coefficient (Wildman–Crippen LogP) is 1.75. The smallest absolute Gasteiger partial charge is 0.308 e. The Morgan fingerprint density at radius 1 is 1.57 bits per heavy atom. The number of hydrogen-bond acceptors (Lipinski definition) is 2. The second kappa shape index (κ2) is 4.60. The molecular weight excluding hydrogens is 178 g/mol. The number of rotatable bonds is 3. The van der Waals surface area contributed by atoms with E-state index in [4.69, 9.17) is 5.11 Å². The van der Waals surface area contributed by atoms with Crippen LogP contribution in [-0.4, -0.2) is 35.1 Å². The fraction of sp³-hybridized carbons (Fsp3) is 0.727. The topological polar surface area (TPSA) is 40.5 Å². The van der Waals surface area contributed by atoms with E-state index in [1.54, 1.807) is 0 Å². The van der Waals surface area contributed by atoms with E-state index < -0.39 is 5.97 Å². The molecule has 1 N–H and O–H groups in total. The monoisotopic (exact) mass is 197 g/mol. The number of carboxylic acid groups (broad SMARTS) is 1. The Morgan fingerprint density at radius 3 is 2.64 bits per heavy atom. The van der Waals surface area contributed by atoms with Gasteiger partial charge >= 0.3 is 5.97 Å². The summed E-state index contributed by atoms with van der Waals surface area (Å²) >= 11 is 0. The van der Waals surface area contributed by atoms with Crippen molar-refractivity contribution in [2.75, 3.05) is 13.1 Å². The molecule has 3 heteroatoms. The average molecular weight is 197 g/mol. The molecule has 0 aromatic carbocycles. The molecule has 2 atom stereocenters. The van der Waals surface area contributed by atoms with Crippen LogP contribution in [0.5, 0.6) is 0 Å². The fourth-order valence-electron chi connectivity index (χ4n) is 1.89. The summed E-state index contributed by atoms with van der Waals surface area (Å²) in [6, 6.07) is 0.170. The van der Waals surface area contributed by atoms with Gasteiger partial charge in [0.1, 0.15) is 0 Å². The number of hydrogen-bond donors (Lipinski definition) is 1. The number of carboxylic acids is 1. The minimum Gasteiger partial charge on any atom is -0.481 e. The molecule has 80 valence electrons. The fourth-order valence-corrected chi connectivity index (χ4v) is 1.89. The van der Waals surface area contributed by atoms with Crippen molar-refractivity contribution in [3.8, 4) is 0 Å². The summed E-state index contributed by atoms with van der Waals surface area (Å²) in [7, 11) is 0. The first-order valence-corrected chi connectivity index (χ1v) is 5.12. The molecule has 0 aromatic rings. The first-order chi connectivity index (χ1) is 6.52. The van der Waals surface area contributed by atoms with Gasteiger partial charge in [0, 0.05) is 12.6 Å². The molecule has 1 saturated heterocycles. The molecule has 1 aliphatic heterocycles. The number of allylic oxidation sites excluding steroid dienone is 1. The van der Waals surface area contributed by atoms with E-state index >= 15 is 0 Å². The number of likely N-dealkylation sites (tertiary alicyclic amines) is 1.